The zero-order valence-corrected chi connectivity index (χ0v) is 36.8. The SMILES string of the molecule is c1ccc(-c2[se]c(-c3ccccc3)c3c2N2c4cccc5c4B(c4ccccc4N5c4ccccc4)c4ccc5c(c42)N3c2cccc3c2B5c2ccccc2N3c2ccccc2)cc1. The van der Waals surface area contributed by atoms with Crippen molar-refractivity contribution in [2.24, 2.45) is 0 Å². The summed E-state index contributed by atoms with van der Waals surface area (Å²) in [7, 11) is 0. The molecule has 0 unspecified atom stereocenters. The third-order valence-electron chi connectivity index (χ3n) is 14.3. The van der Waals surface area contributed by atoms with Gasteiger partial charge in [-0.1, -0.05) is 0 Å². The van der Waals surface area contributed by atoms with Gasteiger partial charge in [0.1, 0.15) is 0 Å². The number of hydrogen-bond acceptors (Lipinski definition) is 4. The Morgan fingerprint density at radius 2 is 0.600 bits per heavy atom. The standard InChI is InChI=1S/C58H36B2N4Se/c1-5-19-37(20-6-1)57-55-56(58(65-57)38-21-7-2-8-22-38)64-50-34-18-32-48-52(50)60(42-28-14-16-30-46(42)62(48)40-25-11-4-12-26-40)44-36-35-43-53(54(44)64)63(55)49-33-17-31-47-51(49)59(43)41-27-13-15-29-45(41)61(47)39-23-9-3-10-24-39/h1-36H. The van der Waals surface area contributed by atoms with Gasteiger partial charge >= 0.3 is 387 Å². The van der Waals surface area contributed by atoms with Gasteiger partial charge in [0, 0.05) is 0 Å². The Hall–Kier alpha value is -7.69. The van der Waals surface area contributed by atoms with E-state index >= 15 is 0 Å². The summed E-state index contributed by atoms with van der Waals surface area (Å²) >= 11 is -0.0293. The fraction of sp³-hybridized carbons (Fsp3) is 0. The van der Waals surface area contributed by atoms with Gasteiger partial charge in [0.15, 0.2) is 0 Å². The Labute approximate surface area is 384 Å². The summed E-state index contributed by atoms with van der Waals surface area (Å²) < 4.78 is 2.81. The fourth-order valence-corrected chi connectivity index (χ4v) is 14.6. The van der Waals surface area contributed by atoms with E-state index < -0.39 is 0 Å². The molecule has 5 aliphatic heterocycles. The van der Waals surface area contributed by atoms with Crippen molar-refractivity contribution < 1.29 is 0 Å². The second-order valence-corrected chi connectivity index (χ2v) is 19.7. The van der Waals surface area contributed by atoms with Crippen molar-refractivity contribution in [3.63, 3.8) is 0 Å². The van der Waals surface area contributed by atoms with Crippen molar-refractivity contribution in [2.75, 3.05) is 19.6 Å². The van der Waals surface area contributed by atoms with E-state index in [0.717, 1.165) is 0 Å². The second kappa shape index (κ2) is 13.4. The Kier molecular flexibility index (Phi) is 7.38. The van der Waals surface area contributed by atoms with E-state index in [4.69, 9.17) is 0 Å². The van der Waals surface area contributed by atoms with Crippen LogP contribution in [0.3, 0.4) is 0 Å². The average Bonchev–Trinajstić information content (AvgIpc) is 3.78. The molecule has 0 radical (unpaired) electrons. The maximum atomic E-state index is 2.73. The van der Waals surface area contributed by atoms with Crippen LogP contribution in [-0.2, 0) is 0 Å². The molecule has 300 valence electrons. The molecule has 7 heteroatoms. The molecule has 0 N–H and O–H groups in total. The van der Waals surface area contributed by atoms with Crippen LogP contribution in [0.4, 0.5) is 68.2 Å². The maximum absolute atomic E-state index is 2.73. The van der Waals surface area contributed by atoms with Crippen molar-refractivity contribution >= 4 is 129 Å². The monoisotopic (exact) mass is 890 g/mol. The molecule has 10 aromatic rings. The molecule has 0 spiro atoms. The third kappa shape index (κ3) is 4.73. The van der Waals surface area contributed by atoms with Gasteiger partial charge in [-0.25, -0.2) is 0 Å². The summed E-state index contributed by atoms with van der Waals surface area (Å²) in [5.74, 6) is 0. The normalized spacial score (nSPS) is 14.0. The number of anilines is 12. The minimum absolute atomic E-state index is 0.0293. The third-order valence-corrected chi connectivity index (χ3v) is 17.0. The van der Waals surface area contributed by atoms with Crippen molar-refractivity contribution in [3.8, 4) is 20.0 Å². The molecule has 0 bridgehead atoms. The molecule has 0 saturated carbocycles. The number of hydrogen-bond donors (Lipinski definition) is 0. The van der Waals surface area contributed by atoms with Crippen LogP contribution in [-0.4, -0.2) is 27.9 Å². The molecule has 65 heavy (non-hydrogen) atoms. The van der Waals surface area contributed by atoms with E-state index in [9.17, 15) is 0 Å². The van der Waals surface area contributed by atoms with Crippen LogP contribution in [0.2, 0.25) is 0 Å². The number of para-hydroxylation sites is 4. The van der Waals surface area contributed by atoms with Gasteiger partial charge in [-0.2, -0.15) is 0 Å². The van der Waals surface area contributed by atoms with Crippen LogP contribution in [0.5, 0.6) is 0 Å². The summed E-state index contributed by atoms with van der Waals surface area (Å²) in [6.45, 7) is 0.0602. The molecule has 5 aliphatic rings. The number of nitrogens with zero attached hydrogens (tertiary/aromatic N) is 4. The first-order valence-corrected chi connectivity index (χ1v) is 24.2. The number of fused-ring (bicyclic) bond motifs is 11. The van der Waals surface area contributed by atoms with Crippen LogP contribution < -0.4 is 52.4 Å². The first-order chi connectivity index (χ1) is 32.3. The van der Waals surface area contributed by atoms with E-state index in [1.807, 2.05) is 0 Å². The summed E-state index contributed by atoms with van der Waals surface area (Å²) in [6.07, 6.45) is 0. The van der Waals surface area contributed by atoms with E-state index in [-0.39, 0.29) is 27.9 Å². The Morgan fingerprint density at radius 3 is 1.02 bits per heavy atom. The van der Waals surface area contributed by atoms with Gasteiger partial charge in [-0.05, 0) is 0 Å². The van der Waals surface area contributed by atoms with E-state index in [1.54, 1.807) is 0 Å². The van der Waals surface area contributed by atoms with Crippen molar-refractivity contribution in [2.45, 2.75) is 0 Å². The summed E-state index contributed by atoms with van der Waals surface area (Å²) in [5, 5.41) is 0. The molecule has 0 atom stereocenters. The molecule has 6 heterocycles. The average molecular weight is 890 g/mol. The molecule has 0 amide bonds. The molecule has 0 saturated heterocycles. The quantitative estimate of drug-likeness (QED) is 0.163. The summed E-state index contributed by atoms with van der Waals surface area (Å²) in [4.78, 5) is 10.5. The minimum atomic E-state index is -0.0293. The molecule has 4 nitrogen and oxygen atoms in total. The van der Waals surface area contributed by atoms with E-state index in [1.165, 1.54) is 121 Å². The van der Waals surface area contributed by atoms with Crippen LogP contribution >= 0.6 is 0 Å². The van der Waals surface area contributed by atoms with Gasteiger partial charge in [0.05, 0.1) is 0 Å². The molecule has 0 aliphatic carbocycles. The van der Waals surface area contributed by atoms with Gasteiger partial charge in [-0.15, -0.1) is 0 Å². The van der Waals surface area contributed by atoms with Crippen LogP contribution in [0.25, 0.3) is 20.0 Å². The van der Waals surface area contributed by atoms with E-state index in [2.05, 4.69) is 238 Å². The molecule has 15 rings (SSSR count). The topological polar surface area (TPSA) is 13.0 Å². The van der Waals surface area contributed by atoms with E-state index in [0.29, 0.717) is 0 Å². The van der Waals surface area contributed by atoms with Gasteiger partial charge in [-0.3, -0.25) is 0 Å². The zero-order chi connectivity index (χ0) is 42.3. The van der Waals surface area contributed by atoms with Crippen LogP contribution in [0, 0.1) is 0 Å². The fourth-order valence-electron chi connectivity index (χ4n) is 11.9. The Bertz CT molecular complexity index is 3360. The molecular weight excluding hydrogens is 853 g/mol. The number of rotatable bonds is 4. The van der Waals surface area contributed by atoms with Crippen molar-refractivity contribution in [1.29, 1.82) is 0 Å². The Balaban J connectivity index is 1.10. The first kappa shape index (κ1) is 35.7. The summed E-state index contributed by atoms with van der Waals surface area (Å²) in [5.41, 5.74) is 25.6. The zero-order valence-electron chi connectivity index (χ0n) is 35.1. The summed E-state index contributed by atoms with van der Waals surface area (Å²) in [6, 6.07) is 81.7. The second-order valence-electron chi connectivity index (χ2n) is 17.5. The molecule has 9 aromatic carbocycles. The van der Waals surface area contributed by atoms with Gasteiger partial charge < -0.3 is 0 Å². The molecule has 1 aromatic heterocycles. The first-order valence-electron chi connectivity index (χ1n) is 22.5. The van der Waals surface area contributed by atoms with Crippen molar-refractivity contribution in [3.05, 3.63) is 218 Å². The predicted octanol–water partition coefficient (Wildman–Crippen LogP) is 10.6. The number of benzene rings is 9. The predicted molar refractivity (Wildman–Crippen MR) is 276 cm³/mol. The van der Waals surface area contributed by atoms with Gasteiger partial charge in [0.2, 0.25) is 0 Å². The van der Waals surface area contributed by atoms with Crippen LogP contribution in [0.1, 0.15) is 0 Å². The molecule has 0 fully saturated rings. The van der Waals surface area contributed by atoms with Crippen LogP contribution in [0.15, 0.2) is 218 Å². The molecular formula is C58H36B2N4Se. The van der Waals surface area contributed by atoms with Crippen molar-refractivity contribution in [1.82, 2.24) is 0 Å². The van der Waals surface area contributed by atoms with Gasteiger partial charge in [0.25, 0.3) is 0 Å². The Morgan fingerprint density at radius 1 is 0.262 bits per heavy atom.